The number of nitrogens with one attached hydrogen (secondary N) is 1. The summed E-state index contributed by atoms with van der Waals surface area (Å²) in [6.07, 6.45) is 5.96. The van der Waals surface area contributed by atoms with Gasteiger partial charge in [0.15, 0.2) is 9.84 Å². The first-order valence-corrected chi connectivity index (χ1v) is 8.76. The van der Waals surface area contributed by atoms with Gasteiger partial charge in [0.1, 0.15) is 0 Å². The van der Waals surface area contributed by atoms with Gasteiger partial charge < -0.3 is 5.32 Å². The summed E-state index contributed by atoms with van der Waals surface area (Å²) >= 11 is 0. The maximum absolute atomic E-state index is 11.5. The third-order valence-electron chi connectivity index (χ3n) is 4.36. The molecular weight excluding hydrogens is 234 g/mol. The zero-order valence-corrected chi connectivity index (χ0v) is 11.8. The molecule has 0 radical (unpaired) electrons. The Balaban J connectivity index is 1.93. The fourth-order valence-corrected chi connectivity index (χ4v) is 5.08. The van der Waals surface area contributed by atoms with Crippen molar-refractivity contribution in [3.63, 3.8) is 0 Å². The Hall–Kier alpha value is -0.0900. The van der Waals surface area contributed by atoms with E-state index in [0.29, 0.717) is 23.5 Å². The summed E-state index contributed by atoms with van der Waals surface area (Å²) < 4.78 is 22.9. The molecule has 1 aliphatic carbocycles. The fraction of sp³-hybridized carbons (Fsp3) is 1.00. The maximum atomic E-state index is 11.5. The van der Waals surface area contributed by atoms with Gasteiger partial charge in [0.25, 0.3) is 0 Å². The number of rotatable bonds is 3. The number of hydrogen-bond donors (Lipinski definition) is 1. The summed E-state index contributed by atoms with van der Waals surface area (Å²) in [6, 6.07) is 0.756. The second kappa shape index (κ2) is 5.27. The molecule has 0 aromatic heterocycles. The van der Waals surface area contributed by atoms with Crippen LogP contribution in [-0.4, -0.2) is 32.0 Å². The zero-order valence-electron chi connectivity index (χ0n) is 11.0. The largest absolute Gasteiger partial charge is 0.310 e. The summed E-state index contributed by atoms with van der Waals surface area (Å²) in [5.41, 5.74) is 0. The molecule has 2 rings (SSSR count). The SMILES string of the molecule is CC(C)C1CCCCC1NC1CCS(=O)(=O)C1. The fourth-order valence-electron chi connectivity index (χ4n) is 3.39. The lowest BCUT2D eigenvalue weighted by molar-refractivity contribution is 0.195. The molecule has 0 spiro atoms. The van der Waals surface area contributed by atoms with Crippen LogP contribution in [0.2, 0.25) is 0 Å². The van der Waals surface area contributed by atoms with Crippen molar-refractivity contribution in [3.05, 3.63) is 0 Å². The van der Waals surface area contributed by atoms with Crippen molar-refractivity contribution >= 4 is 9.84 Å². The molecule has 1 saturated heterocycles. The number of sulfone groups is 1. The van der Waals surface area contributed by atoms with Crippen LogP contribution in [0.5, 0.6) is 0 Å². The van der Waals surface area contributed by atoms with Crippen LogP contribution < -0.4 is 5.32 Å². The molecule has 17 heavy (non-hydrogen) atoms. The van der Waals surface area contributed by atoms with E-state index in [-0.39, 0.29) is 6.04 Å². The third kappa shape index (κ3) is 3.44. The predicted molar refractivity (Wildman–Crippen MR) is 70.8 cm³/mol. The van der Waals surface area contributed by atoms with E-state index in [1.165, 1.54) is 25.7 Å². The van der Waals surface area contributed by atoms with Gasteiger partial charge in [-0.1, -0.05) is 26.7 Å². The van der Waals surface area contributed by atoms with Crippen LogP contribution in [0.4, 0.5) is 0 Å². The highest BCUT2D eigenvalue weighted by Gasteiger charge is 2.33. The molecule has 0 amide bonds. The average molecular weight is 259 g/mol. The van der Waals surface area contributed by atoms with Crippen LogP contribution in [0.1, 0.15) is 46.0 Å². The van der Waals surface area contributed by atoms with E-state index in [4.69, 9.17) is 0 Å². The Kier molecular flexibility index (Phi) is 4.14. The summed E-state index contributed by atoms with van der Waals surface area (Å²) in [6.45, 7) is 4.58. The minimum absolute atomic E-state index is 0.212. The van der Waals surface area contributed by atoms with Crippen molar-refractivity contribution in [1.29, 1.82) is 0 Å². The van der Waals surface area contributed by atoms with Gasteiger partial charge in [-0.2, -0.15) is 0 Å². The molecule has 2 aliphatic rings. The molecule has 3 nitrogen and oxygen atoms in total. The second-order valence-corrected chi connectivity index (χ2v) is 8.29. The van der Waals surface area contributed by atoms with Crippen LogP contribution in [-0.2, 0) is 9.84 Å². The average Bonchev–Trinajstić information content (AvgIpc) is 2.58. The van der Waals surface area contributed by atoms with Crippen molar-refractivity contribution in [3.8, 4) is 0 Å². The van der Waals surface area contributed by atoms with Gasteiger partial charge in [-0.25, -0.2) is 8.42 Å². The lowest BCUT2D eigenvalue weighted by atomic mass is 9.77. The van der Waals surface area contributed by atoms with Gasteiger partial charge in [0.2, 0.25) is 0 Å². The standard InChI is InChI=1S/C13H25NO2S/c1-10(2)12-5-3-4-6-13(12)14-11-7-8-17(15,16)9-11/h10-14H,3-9H2,1-2H3. The molecule has 1 heterocycles. The van der Waals surface area contributed by atoms with E-state index >= 15 is 0 Å². The minimum Gasteiger partial charge on any atom is -0.310 e. The molecule has 2 fully saturated rings. The Morgan fingerprint density at radius 1 is 1.12 bits per heavy atom. The summed E-state index contributed by atoms with van der Waals surface area (Å²) in [7, 11) is -2.75. The first-order valence-electron chi connectivity index (χ1n) is 6.94. The van der Waals surface area contributed by atoms with E-state index in [9.17, 15) is 8.42 Å². The van der Waals surface area contributed by atoms with E-state index in [0.717, 1.165) is 12.3 Å². The molecule has 3 unspecified atom stereocenters. The smallest absolute Gasteiger partial charge is 0.151 e. The molecule has 0 aromatic carbocycles. The van der Waals surface area contributed by atoms with Gasteiger partial charge >= 0.3 is 0 Å². The Morgan fingerprint density at radius 3 is 2.41 bits per heavy atom. The molecule has 100 valence electrons. The lowest BCUT2D eigenvalue weighted by Crippen LogP contribution is -2.46. The van der Waals surface area contributed by atoms with E-state index in [1.807, 2.05) is 0 Å². The van der Waals surface area contributed by atoms with Crippen LogP contribution in [0, 0.1) is 11.8 Å². The Bertz CT molecular complexity index is 350. The van der Waals surface area contributed by atoms with Gasteiger partial charge in [0, 0.05) is 12.1 Å². The topological polar surface area (TPSA) is 46.2 Å². The molecule has 1 aliphatic heterocycles. The predicted octanol–water partition coefficient (Wildman–Crippen LogP) is 1.98. The van der Waals surface area contributed by atoms with Gasteiger partial charge in [-0.15, -0.1) is 0 Å². The highest BCUT2D eigenvalue weighted by molar-refractivity contribution is 7.91. The lowest BCUT2D eigenvalue weighted by Gasteiger charge is -2.36. The van der Waals surface area contributed by atoms with Crippen LogP contribution in [0.3, 0.4) is 0 Å². The van der Waals surface area contributed by atoms with Crippen molar-refractivity contribution in [2.24, 2.45) is 11.8 Å². The molecule has 1 N–H and O–H groups in total. The molecule has 4 heteroatoms. The second-order valence-electron chi connectivity index (χ2n) is 6.07. The monoisotopic (exact) mass is 259 g/mol. The van der Waals surface area contributed by atoms with Crippen LogP contribution in [0.25, 0.3) is 0 Å². The van der Waals surface area contributed by atoms with Gasteiger partial charge in [-0.3, -0.25) is 0 Å². The first-order chi connectivity index (χ1) is 7.98. The van der Waals surface area contributed by atoms with Crippen molar-refractivity contribution in [1.82, 2.24) is 5.32 Å². The van der Waals surface area contributed by atoms with Crippen molar-refractivity contribution in [2.75, 3.05) is 11.5 Å². The Labute approximate surface area is 105 Å². The summed E-state index contributed by atoms with van der Waals surface area (Å²) in [5, 5.41) is 3.63. The molecule has 0 aromatic rings. The highest BCUT2D eigenvalue weighted by atomic mass is 32.2. The van der Waals surface area contributed by atoms with Crippen LogP contribution >= 0.6 is 0 Å². The molecular formula is C13H25NO2S. The van der Waals surface area contributed by atoms with Gasteiger partial charge in [-0.05, 0) is 31.1 Å². The van der Waals surface area contributed by atoms with E-state index in [2.05, 4.69) is 19.2 Å². The van der Waals surface area contributed by atoms with Crippen molar-refractivity contribution in [2.45, 2.75) is 58.0 Å². The minimum atomic E-state index is -2.75. The first kappa shape index (κ1) is 13.3. The number of hydrogen-bond acceptors (Lipinski definition) is 3. The normalized spacial score (nSPS) is 37.5. The van der Waals surface area contributed by atoms with Gasteiger partial charge in [0.05, 0.1) is 11.5 Å². The summed E-state index contributed by atoms with van der Waals surface area (Å²) in [4.78, 5) is 0. The van der Waals surface area contributed by atoms with E-state index in [1.54, 1.807) is 0 Å². The van der Waals surface area contributed by atoms with Crippen molar-refractivity contribution < 1.29 is 8.42 Å². The third-order valence-corrected chi connectivity index (χ3v) is 6.13. The summed E-state index contributed by atoms with van der Waals surface area (Å²) in [5.74, 6) is 2.16. The maximum Gasteiger partial charge on any atom is 0.151 e. The van der Waals surface area contributed by atoms with E-state index < -0.39 is 9.84 Å². The molecule has 0 bridgehead atoms. The Morgan fingerprint density at radius 2 is 1.82 bits per heavy atom. The highest BCUT2D eigenvalue weighted by Crippen LogP contribution is 2.31. The van der Waals surface area contributed by atoms with Crippen LogP contribution in [0.15, 0.2) is 0 Å². The molecule has 1 saturated carbocycles. The quantitative estimate of drug-likeness (QED) is 0.843. The zero-order chi connectivity index (χ0) is 12.5. The molecule has 3 atom stereocenters.